The minimum Gasteiger partial charge on any atom is -0.346 e. The van der Waals surface area contributed by atoms with Crippen molar-refractivity contribution >= 4 is 17.4 Å². The van der Waals surface area contributed by atoms with Crippen molar-refractivity contribution in [2.75, 3.05) is 17.3 Å². The number of hydrogen-bond acceptors (Lipinski definition) is 4. The second-order valence-electron chi connectivity index (χ2n) is 3.83. The predicted octanol–water partition coefficient (Wildman–Crippen LogP) is 0.870. The van der Waals surface area contributed by atoms with Crippen LogP contribution in [-0.4, -0.2) is 29.0 Å². The first-order valence-electron chi connectivity index (χ1n) is 4.89. The van der Waals surface area contributed by atoms with Gasteiger partial charge in [0.25, 0.3) is 0 Å². The average Bonchev–Trinajstić information content (AvgIpc) is 2.17. The zero-order valence-corrected chi connectivity index (χ0v) is 9.33. The molecule has 0 saturated heterocycles. The van der Waals surface area contributed by atoms with Gasteiger partial charge >= 0.3 is 0 Å². The molecule has 0 saturated carbocycles. The molecule has 0 spiro atoms. The second kappa shape index (κ2) is 3.18. The fourth-order valence-corrected chi connectivity index (χ4v) is 1.68. The third kappa shape index (κ3) is 1.44. The molecule has 1 aromatic rings. The number of likely N-dealkylation sites (N-methyl/N-ethyl adjacent to an activating group) is 1. The summed E-state index contributed by atoms with van der Waals surface area (Å²) in [5, 5.41) is 2.83. The number of anilines is 2. The molecule has 1 N–H and O–H groups in total. The molecule has 5 nitrogen and oxygen atoms in total. The summed E-state index contributed by atoms with van der Waals surface area (Å²) >= 11 is 0. The van der Waals surface area contributed by atoms with E-state index in [1.807, 2.05) is 32.7 Å². The molecule has 0 radical (unpaired) electrons. The van der Waals surface area contributed by atoms with Crippen molar-refractivity contribution < 1.29 is 4.79 Å². The third-order valence-electron chi connectivity index (χ3n) is 2.73. The Morgan fingerprint density at radius 2 is 2.00 bits per heavy atom. The zero-order chi connectivity index (χ0) is 11.2. The van der Waals surface area contributed by atoms with Gasteiger partial charge in [-0.2, -0.15) is 0 Å². The van der Waals surface area contributed by atoms with Crippen molar-refractivity contribution in [2.45, 2.75) is 26.8 Å². The number of amides is 1. The van der Waals surface area contributed by atoms with E-state index in [1.54, 1.807) is 0 Å². The Morgan fingerprint density at radius 1 is 1.33 bits per heavy atom. The van der Waals surface area contributed by atoms with E-state index >= 15 is 0 Å². The van der Waals surface area contributed by atoms with Gasteiger partial charge in [-0.3, -0.25) is 4.79 Å². The van der Waals surface area contributed by atoms with Crippen LogP contribution in [0, 0.1) is 13.8 Å². The molecule has 2 rings (SSSR count). The Kier molecular flexibility index (Phi) is 2.10. The van der Waals surface area contributed by atoms with Gasteiger partial charge in [-0.05, 0) is 20.8 Å². The zero-order valence-electron chi connectivity index (χ0n) is 9.33. The molecule has 15 heavy (non-hydrogen) atoms. The summed E-state index contributed by atoms with van der Waals surface area (Å²) in [4.78, 5) is 22.0. The van der Waals surface area contributed by atoms with E-state index in [0.29, 0.717) is 0 Å². The molecule has 0 fully saturated rings. The van der Waals surface area contributed by atoms with Gasteiger partial charge < -0.3 is 10.2 Å². The largest absolute Gasteiger partial charge is 0.346 e. The van der Waals surface area contributed by atoms with E-state index in [-0.39, 0.29) is 11.9 Å². The summed E-state index contributed by atoms with van der Waals surface area (Å²) in [5.74, 6) is 1.51. The van der Waals surface area contributed by atoms with E-state index in [2.05, 4.69) is 15.3 Å². The normalized spacial score (nSPS) is 19.9. The highest BCUT2D eigenvalue weighted by molar-refractivity contribution is 6.02. The number of hydrogen-bond donors (Lipinski definition) is 1. The molecular weight excluding hydrogens is 192 g/mol. The Bertz CT molecular complexity index is 430. The number of fused-ring (bicyclic) bond motifs is 1. The molecule has 1 atom stereocenters. The first-order valence-corrected chi connectivity index (χ1v) is 4.89. The maximum absolute atomic E-state index is 11.6. The lowest BCUT2D eigenvalue weighted by atomic mass is 10.2. The number of nitrogens with one attached hydrogen (secondary N) is 1. The quantitative estimate of drug-likeness (QED) is 0.684. The van der Waals surface area contributed by atoms with E-state index in [4.69, 9.17) is 0 Å². The monoisotopic (exact) mass is 206 g/mol. The fourth-order valence-electron chi connectivity index (χ4n) is 1.68. The minimum absolute atomic E-state index is 0.0134. The van der Waals surface area contributed by atoms with Crippen molar-refractivity contribution in [3.63, 3.8) is 0 Å². The molecule has 1 aromatic heterocycles. The van der Waals surface area contributed by atoms with Crippen molar-refractivity contribution in [3.05, 3.63) is 11.5 Å². The summed E-state index contributed by atoms with van der Waals surface area (Å²) < 4.78 is 0. The van der Waals surface area contributed by atoms with Crippen molar-refractivity contribution in [2.24, 2.45) is 0 Å². The first kappa shape index (κ1) is 9.89. The standard InChI is InChI=1S/C10H14N4O/c1-5-8-9(12-7(3)11-5)14(4)6(2)10(15)13-8/h6H,1-4H3,(H,13,15)/t6-/m0/s1. The number of rotatable bonds is 0. The van der Waals surface area contributed by atoms with E-state index in [0.717, 1.165) is 23.0 Å². The highest BCUT2D eigenvalue weighted by Crippen LogP contribution is 2.30. The van der Waals surface area contributed by atoms with Crippen molar-refractivity contribution in [1.29, 1.82) is 0 Å². The molecule has 1 aliphatic heterocycles. The van der Waals surface area contributed by atoms with Gasteiger partial charge in [-0.25, -0.2) is 9.97 Å². The van der Waals surface area contributed by atoms with E-state index in [1.165, 1.54) is 0 Å². The number of carbonyl (C=O) groups is 1. The molecular formula is C10H14N4O. The average molecular weight is 206 g/mol. The van der Waals surface area contributed by atoms with Crippen LogP contribution in [0.15, 0.2) is 0 Å². The number of aryl methyl sites for hydroxylation is 2. The lowest BCUT2D eigenvalue weighted by Gasteiger charge is -2.32. The smallest absolute Gasteiger partial charge is 0.246 e. The topological polar surface area (TPSA) is 58.1 Å². The molecule has 0 aromatic carbocycles. The van der Waals surface area contributed by atoms with Crippen LogP contribution in [0.5, 0.6) is 0 Å². The highest BCUT2D eigenvalue weighted by Gasteiger charge is 2.29. The van der Waals surface area contributed by atoms with Gasteiger partial charge in [0.2, 0.25) is 5.91 Å². The molecule has 0 unspecified atom stereocenters. The Morgan fingerprint density at radius 3 is 2.67 bits per heavy atom. The van der Waals surface area contributed by atoms with Gasteiger partial charge in [-0.15, -0.1) is 0 Å². The van der Waals surface area contributed by atoms with Crippen LogP contribution in [0.25, 0.3) is 0 Å². The van der Waals surface area contributed by atoms with Crippen molar-refractivity contribution in [3.8, 4) is 0 Å². The summed E-state index contributed by atoms with van der Waals surface area (Å²) in [5.41, 5.74) is 1.54. The number of nitrogens with zero attached hydrogens (tertiary/aromatic N) is 3. The predicted molar refractivity (Wildman–Crippen MR) is 58.0 cm³/mol. The molecule has 2 heterocycles. The second-order valence-corrected chi connectivity index (χ2v) is 3.83. The third-order valence-corrected chi connectivity index (χ3v) is 2.73. The van der Waals surface area contributed by atoms with E-state index in [9.17, 15) is 4.79 Å². The highest BCUT2D eigenvalue weighted by atomic mass is 16.2. The summed E-state index contributed by atoms with van der Waals surface area (Å²) in [7, 11) is 1.87. The summed E-state index contributed by atoms with van der Waals surface area (Å²) in [6.07, 6.45) is 0. The molecule has 5 heteroatoms. The minimum atomic E-state index is -0.189. The van der Waals surface area contributed by atoms with Gasteiger partial charge in [0.1, 0.15) is 17.6 Å². The molecule has 0 bridgehead atoms. The lowest BCUT2D eigenvalue weighted by Crippen LogP contribution is -2.44. The molecule has 1 aliphatic rings. The summed E-state index contributed by atoms with van der Waals surface area (Å²) in [6.45, 7) is 5.57. The summed E-state index contributed by atoms with van der Waals surface area (Å²) in [6, 6.07) is -0.189. The maximum atomic E-state index is 11.6. The number of aromatic nitrogens is 2. The molecule has 1 amide bonds. The Hall–Kier alpha value is -1.65. The van der Waals surface area contributed by atoms with Crippen LogP contribution in [0.1, 0.15) is 18.4 Å². The van der Waals surface area contributed by atoms with Crippen LogP contribution in [0.4, 0.5) is 11.5 Å². The lowest BCUT2D eigenvalue weighted by molar-refractivity contribution is -0.117. The van der Waals surface area contributed by atoms with Gasteiger partial charge in [0.15, 0.2) is 5.82 Å². The van der Waals surface area contributed by atoms with Crippen LogP contribution in [0.2, 0.25) is 0 Å². The van der Waals surface area contributed by atoms with Gasteiger partial charge in [0, 0.05) is 7.05 Å². The van der Waals surface area contributed by atoms with Gasteiger partial charge in [0.05, 0.1) is 5.69 Å². The van der Waals surface area contributed by atoms with Crippen LogP contribution in [-0.2, 0) is 4.79 Å². The molecule has 80 valence electrons. The number of carbonyl (C=O) groups excluding carboxylic acids is 1. The SMILES string of the molecule is Cc1nc(C)c2c(n1)N(C)[C@@H](C)C(=O)N2. The first-order chi connectivity index (χ1) is 7.00. The van der Waals surface area contributed by atoms with Crippen molar-refractivity contribution in [1.82, 2.24) is 9.97 Å². The van der Waals surface area contributed by atoms with Crippen LogP contribution >= 0.6 is 0 Å². The van der Waals surface area contributed by atoms with Crippen LogP contribution in [0.3, 0.4) is 0 Å². The van der Waals surface area contributed by atoms with Crippen LogP contribution < -0.4 is 10.2 Å². The van der Waals surface area contributed by atoms with E-state index < -0.39 is 0 Å². The molecule has 0 aliphatic carbocycles. The Balaban J connectivity index is 2.60. The Labute approximate surface area is 88.5 Å². The fraction of sp³-hybridized carbons (Fsp3) is 0.500. The van der Waals surface area contributed by atoms with Gasteiger partial charge in [-0.1, -0.05) is 0 Å². The maximum Gasteiger partial charge on any atom is 0.246 e.